The van der Waals surface area contributed by atoms with Crippen LogP contribution in [-0.2, 0) is 32.3 Å². The van der Waals surface area contributed by atoms with Gasteiger partial charge in [-0.25, -0.2) is 19.2 Å². The van der Waals surface area contributed by atoms with E-state index in [1.54, 1.807) is 0 Å². The Morgan fingerprint density at radius 1 is 0.643 bits per heavy atom. The van der Waals surface area contributed by atoms with Crippen molar-refractivity contribution < 1.29 is 39.6 Å². The van der Waals surface area contributed by atoms with Gasteiger partial charge in [-0.05, 0) is 67.4 Å². The zero-order chi connectivity index (χ0) is 31.3. The lowest BCUT2D eigenvalue weighted by atomic mass is 9.81. The largest absolute Gasteiger partial charge is 0.478 e. The fourth-order valence-corrected chi connectivity index (χ4v) is 4.57. The fourth-order valence-electron chi connectivity index (χ4n) is 4.16. The van der Waals surface area contributed by atoms with Crippen molar-refractivity contribution in [2.24, 2.45) is 11.8 Å². The molecule has 6 N–H and O–H groups in total. The van der Waals surface area contributed by atoms with Crippen molar-refractivity contribution in [2.45, 2.75) is 38.8 Å². The van der Waals surface area contributed by atoms with E-state index in [2.05, 4.69) is 22.8 Å². The van der Waals surface area contributed by atoms with Crippen molar-refractivity contribution in [1.29, 1.82) is 0 Å². The molecule has 12 heteroatoms. The molecule has 1 aliphatic carbocycles. The Labute approximate surface area is 254 Å². The number of rotatable bonds is 12. The number of carbonyl (C=O) groups is 4. The maximum absolute atomic E-state index is 9.55. The molecule has 0 saturated heterocycles. The van der Waals surface area contributed by atoms with Crippen LogP contribution >= 0.6 is 23.2 Å². The third-order valence-electron chi connectivity index (χ3n) is 6.04. The van der Waals surface area contributed by atoms with E-state index >= 15 is 0 Å². The number of carboxylic acids is 4. The maximum atomic E-state index is 9.55. The molecule has 2 aromatic rings. The summed E-state index contributed by atoms with van der Waals surface area (Å²) in [6.45, 7) is 3.86. The molecule has 0 spiro atoms. The summed E-state index contributed by atoms with van der Waals surface area (Å²) in [7, 11) is 0. The Morgan fingerprint density at radius 2 is 0.976 bits per heavy atom. The maximum Gasteiger partial charge on any atom is 0.328 e. The van der Waals surface area contributed by atoms with Crippen LogP contribution in [0, 0.1) is 11.8 Å². The van der Waals surface area contributed by atoms with Gasteiger partial charge in [-0.15, -0.1) is 0 Å². The summed E-state index contributed by atoms with van der Waals surface area (Å²) >= 11 is 12.5. The monoisotopic (exact) mass is 622 g/mol. The number of nitrogens with one attached hydrogen (secondary N) is 2. The highest BCUT2D eigenvalue weighted by atomic mass is 35.5. The van der Waals surface area contributed by atoms with Gasteiger partial charge in [0.1, 0.15) is 0 Å². The Balaban J connectivity index is 0.000000454. The lowest BCUT2D eigenvalue weighted by molar-refractivity contribution is -0.134. The average molecular weight is 624 g/mol. The first kappa shape index (κ1) is 36.3. The zero-order valence-corrected chi connectivity index (χ0v) is 24.4. The van der Waals surface area contributed by atoms with Gasteiger partial charge in [0.2, 0.25) is 0 Å². The fraction of sp³-hybridized carbons (Fsp3) is 0.333. The van der Waals surface area contributed by atoms with E-state index in [0.717, 1.165) is 48.1 Å². The summed E-state index contributed by atoms with van der Waals surface area (Å²) in [5, 5.41) is 40.2. The van der Waals surface area contributed by atoms with Gasteiger partial charge < -0.3 is 31.1 Å². The van der Waals surface area contributed by atoms with Crippen LogP contribution in [-0.4, -0.2) is 57.4 Å². The normalized spacial score (nSPS) is 16.1. The summed E-state index contributed by atoms with van der Waals surface area (Å²) in [5.74, 6) is -3.50. The molecule has 3 rings (SSSR count). The Morgan fingerprint density at radius 3 is 1.29 bits per heavy atom. The highest BCUT2D eigenvalue weighted by molar-refractivity contribution is 6.31. The van der Waals surface area contributed by atoms with Crippen LogP contribution in [0.1, 0.15) is 36.8 Å². The van der Waals surface area contributed by atoms with E-state index < -0.39 is 23.9 Å². The molecule has 2 aromatic carbocycles. The number of halogens is 2. The molecule has 228 valence electrons. The molecule has 2 atom stereocenters. The molecule has 1 aliphatic rings. The van der Waals surface area contributed by atoms with Crippen LogP contribution in [0.5, 0.6) is 0 Å². The van der Waals surface area contributed by atoms with Crippen molar-refractivity contribution in [3.63, 3.8) is 0 Å². The third-order valence-corrected chi connectivity index (χ3v) is 6.78. The van der Waals surface area contributed by atoms with Gasteiger partial charge in [-0.1, -0.05) is 66.0 Å². The van der Waals surface area contributed by atoms with Crippen molar-refractivity contribution in [1.82, 2.24) is 10.6 Å². The summed E-state index contributed by atoms with van der Waals surface area (Å²) in [6.07, 6.45) is 7.52. The predicted octanol–water partition coefficient (Wildman–Crippen LogP) is 5.10. The quantitative estimate of drug-likeness (QED) is 0.175. The molecule has 2 unspecified atom stereocenters. The van der Waals surface area contributed by atoms with Crippen molar-refractivity contribution in [3.8, 4) is 0 Å². The summed E-state index contributed by atoms with van der Waals surface area (Å²) in [5.41, 5.74) is 2.37. The number of hydrogen-bond donors (Lipinski definition) is 6. The van der Waals surface area contributed by atoms with Crippen LogP contribution in [0.4, 0.5) is 0 Å². The topological polar surface area (TPSA) is 173 Å². The van der Waals surface area contributed by atoms with Gasteiger partial charge in [0.15, 0.2) is 0 Å². The number of carboxylic acid groups (broad SMARTS) is 4. The van der Waals surface area contributed by atoms with Gasteiger partial charge in [-0.3, -0.25) is 0 Å². The summed E-state index contributed by atoms with van der Waals surface area (Å²) in [6, 6.07) is 16.2. The lowest BCUT2D eigenvalue weighted by Gasteiger charge is -2.29. The first-order chi connectivity index (χ1) is 20.0. The second kappa shape index (κ2) is 21.1. The van der Waals surface area contributed by atoms with Crippen LogP contribution in [0.15, 0.2) is 72.8 Å². The number of benzene rings is 2. The third kappa shape index (κ3) is 17.9. The molecule has 0 amide bonds. The molecule has 0 aromatic heterocycles. The molecular weight excluding hydrogens is 587 g/mol. The van der Waals surface area contributed by atoms with E-state index in [1.165, 1.54) is 36.8 Å². The van der Waals surface area contributed by atoms with Crippen LogP contribution in [0.2, 0.25) is 10.0 Å². The molecular formula is C30H36Cl2N2O8. The van der Waals surface area contributed by atoms with Crippen molar-refractivity contribution >= 4 is 47.1 Å². The minimum absolute atomic E-state index is 0.558. The molecule has 0 bridgehead atoms. The van der Waals surface area contributed by atoms with Gasteiger partial charge in [0.05, 0.1) is 0 Å². The van der Waals surface area contributed by atoms with Gasteiger partial charge in [0, 0.05) is 47.4 Å². The Bertz CT molecular complexity index is 1100. The van der Waals surface area contributed by atoms with Gasteiger partial charge in [-0.2, -0.15) is 0 Å². The van der Waals surface area contributed by atoms with E-state index in [9.17, 15) is 19.2 Å². The molecule has 0 aliphatic heterocycles. The molecule has 1 saturated carbocycles. The standard InChI is InChI=1S/C22H28Cl2N2.2C4H4O4/c23-21-10-3-1-8-19(21)15-25-13-17-6-5-7-18(12-17)14-26-16-20-9-2-4-11-22(20)24;2*5-3(6)1-2-4(7)8/h1-4,8-11,17-18,25-26H,5-7,12-16H2;2*1-2H,(H,5,6)(H,7,8)/b;2*2-1-. The molecule has 1 fully saturated rings. The Hall–Kier alpha value is -3.70. The number of hydrogen-bond acceptors (Lipinski definition) is 6. The first-order valence-corrected chi connectivity index (χ1v) is 13.9. The van der Waals surface area contributed by atoms with E-state index in [0.29, 0.717) is 24.3 Å². The van der Waals surface area contributed by atoms with E-state index in [4.69, 9.17) is 43.6 Å². The van der Waals surface area contributed by atoms with Crippen LogP contribution in [0.3, 0.4) is 0 Å². The lowest BCUT2D eigenvalue weighted by Crippen LogP contribution is -2.31. The highest BCUT2D eigenvalue weighted by Gasteiger charge is 2.21. The molecule has 10 nitrogen and oxygen atoms in total. The predicted molar refractivity (Wildman–Crippen MR) is 161 cm³/mol. The SMILES string of the molecule is Clc1ccccc1CNCC1CCCC(CNCc2ccccc2Cl)C1.O=C(O)/C=C\C(=O)O.O=C(O)/C=C\C(=O)O. The highest BCUT2D eigenvalue weighted by Crippen LogP contribution is 2.28. The molecule has 0 radical (unpaired) electrons. The van der Waals surface area contributed by atoms with Crippen LogP contribution < -0.4 is 10.6 Å². The van der Waals surface area contributed by atoms with Crippen LogP contribution in [0.25, 0.3) is 0 Å². The molecule has 0 heterocycles. The summed E-state index contributed by atoms with van der Waals surface area (Å²) < 4.78 is 0. The van der Waals surface area contributed by atoms with Crippen molar-refractivity contribution in [2.75, 3.05) is 13.1 Å². The van der Waals surface area contributed by atoms with E-state index in [1.807, 2.05) is 36.4 Å². The van der Waals surface area contributed by atoms with Gasteiger partial charge >= 0.3 is 23.9 Å². The second-order valence-electron chi connectivity index (χ2n) is 9.36. The van der Waals surface area contributed by atoms with Gasteiger partial charge in [0.25, 0.3) is 0 Å². The molecule has 42 heavy (non-hydrogen) atoms. The summed E-state index contributed by atoms with van der Waals surface area (Å²) in [4.78, 5) is 38.2. The first-order valence-electron chi connectivity index (χ1n) is 13.1. The zero-order valence-electron chi connectivity index (χ0n) is 22.9. The Kier molecular flexibility index (Phi) is 18.2. The minimum Gasteiger partial charge on any atom is -0.478 e. The smallest absolute Gasteiger partial charge is 0.328 e. The second-order valence-corrected chi connectivity index (χ2v) is 10.2. The van der Waals surface area contributed by atoms with E-state index in [-0.39, 0.29) is 0 Å². The number of aliphatic carboxylic acids is 4. The average Bonchev–Trinajstić information content (AvgIpc) is 2.94. The van der Waals surface area contributed by atoms with Crippen molar-refractivity contribution in [3.05, 3.63) is 94.0 Å². The minimum atomic E-state index is -1.26.